The van der Waals surface area contributed by atoms with Gasteiger partial charge in [0.05, 0.1) is 41.1 Å². The molecule has 0 saturated heterocycles. The van der Waals surface area contributed by atoms with E-state index in [0.29, 0.717) is 55.7 Å². The first-order chi connectivity index (χ1) is 17.3. The van der Waals surface area contributed by atoms with Gasteiger partial charge in [-0.3, -0.25) is 0 Å². The van der Waals surface area contributed by atoms with E-state index < -0.39 is 12.0 Å². The minimum Gasteiger partial charge on any atom is -0.496 e. The van der Waals surface area contributed by atoms with E-state index in [-0.39, 0.29) is 6.61 Å². The molecule has 10 heteroatoms. The number of hydrogen-bond acceptors (Lipinski definition) is 8. The van der Waals surface area contributed by atoms with Gasteiger partial charge < -0.3 is 24.0 Å². The van der Waals surface area contributed by atoms with Crippen LogP contribution < -0.4 is 9.47 Å². The first-order valence-corrected chi connectivity index (χ1v) is 12.8. The van der Waals surface area contributed by atoms with Gasteiger partial charge in [0.1, 0.15) is 24.1 Å². The number of amidine groups is 1. The minimum absolute atomic E-state index is 0.250. The fraction of sp³-hybridized carbons (Fsp3) is 0.308. The van der Waals surface area contributed by atoms with Gasteiger partial charge in [0, 0.05) is 23.2 Å². The van der Waals surface area contributed by atoms with Crippen molar-refractivity contribution < 1.29 is 19.0 Å². The number of carbonyl (C=O) groups excluding carboxylic acids is 1. The Balaban J connectivity index is 1.86. The van der Waals surface area contributed by atoms with Gasteiger partial charge in [0.25, 0.3) is 0 Å². The lowest BCUT2D eigenvalue weighted by molar-refractivity contribution is -0.140. The van der Waals surface area contributed by atoms with Gasteiger partial charge >= 0.3 is 5.97 Å². The van der Waals surface area contributed by atoms with Gasteiger partial charge in [-0.25, -0.2) is 9.79 Å². The summed E-state index contributed by atoms with van der Waals surface area (Å²) >= 11 is 14.5. The Kier molecular flexibility index (Phi) is 8.20. The molecule has 2 aliphatic rings. The van der Waals surface area contributed by atoms with Crippen LogP contribution in [0.25, 0.3) is 4.91 Å². The Bertz CT molecular complexity index is 1230. The molecule has 1 unspecified atom stereocenters. The molecule has 190 valence electrons. The van der Waals surface area contributed by atoms with Crippen molar-refractivity contribution in [2.45, 2.75) is 13.0 Å². The van der Waals surface area contributed by atoms with Crippen LogP contribution in [0.2, 0.25) is 10.0 Å². The molecule has 2 heterocycles. The van der Waals surface area contributed by atoms with Gasteiger partial charge in [0.2, 0.25) is 0 Å². The van der Waals surface area contributed by atoms with Gasteiger partial charge in [-0.2, -0.15) is 0 Å². The molecule has 0 saturated carbocycles. The number of halogens is 2. The number of benzene rings is 2. The van der Waals surface area contributed by atoms with Crippen molar-refractivity contribution in [3.8, 4) is 11.5 Å². The molecule has 0 aliphatic carbocycles. The molecule has 7 nitrogen and oxygen atoms in total. The van der Waals surface area contributed by atoms with Crippen LogP contribution in [-0.4, -0.2) is 62.4 Å². The average Bonchev–Trinajstić information content (AvgIpc) is 3.25. The van der Waals surface area contributed by atoms with Crippen LogP contribution >= 0.6 is 35.0 Å². The maximum Gasteiger partial charge on any atom is 0.338 e. The Morgan fingerprint density at radius 3 is 2.28 bits per heavy atom. The number of aliphatic imine (C=N–C) groups is 1. The van der Waals surface area contributed by atoms with Crippen molar-refractivity contribution >= 4 is 51.0 Å². The lowest BCUT2D eigenvalue weighted by Gasteiger charge is -2.34. The summed E-state index contributed by atoms with van der Waals surface area (Å²) in [6.07, 6.45) is 1.91. The molecule has 0 spiro atoms. The maximum atomic E-state index is 13.5. The maximum absolute atomic E-state index is 13.5. The molecule has 0 N–H and O–H groups in total. The molecule has 0 amide bonds. The van der Waals surface area contributed by atoms with E-state index in [9.17, 15) is 4.79 Å². The highest BCUT2D eigenvalue weighted by Gasteiger charge is 2.42. The molecule has 2 aromatic rings. The molecule has 1 atom stereocenters. The van der Waals surface area contributed by atoms with E-state index in [4.69, 9.17) is 42.4 Å². The highest BCUT2D eigenvalue weighted by Crippen LogP contribution is 2.51. The lowest BCUT2D eigenvalue weighted by atomic mass is 9.93. The zero-order chi connectivity index (χ0) is 26.0. The van der Waals surface area contributed by atoms with E-state index in [1.54, 1.807) is 32.4 Å². The van der Waals surface area contributed by atoms with Gasteiger partial charge in [-0.05, 0) is 57.0 Å². The van der Waals surface area contributed by atoms with E-state index in [2.05, 4.69) is 0 Å². The van der Waals surface area contributed by atoms with Crippen LogP contribution in [-0.2, 0) is 9.53 Å². The van der Waals surface area contributed by atoms with Crippen molar-refractivity contribution in [2.75, 3.05) is 41.5 Å². The molecular weight excluding hydrogens is 521 g/mol. The van der Waals surface area contributed by atoms with Gasteiger partial charge in [0.15, 0.2) is 5.17 Å². The minimum atomic E-state index is -0.610. The largest absolute Gasteiger partial charge is 0.496 e. The predicted octanol–water partition coefficient (Wildman–Crippen LogP) is 5.85. The van der Waals surface area contributed by atoms with Crippen molar-refractivity contribution in [2.24, 2.45) is 4.99 Å². The number of rotatable bonds is 8. The van der Waals surface area contributed by atoms with Crippen molar-refractivity contribution in [3.05, 3.63) is 75.0 Å². The Hall–Kier alpha value is -2.65. The zero-order valence-electron chi connectivity index (χ0n) is 20.7. The quantitative estimate of drug-likeness (QED) is 0.384. The lowest BCUT2D eigenvalue weighted by Crippen LogP contribution is -2.35. The number of thioether (sulfide) groups is 1. The molecule has 4 rings (SSSR count). The third-order valence-corrected chi connectivity index (χ3v) is 7.47. The number of hydrogen-bond donors (Lipinski definition) is 0. The SMILES string of the molecule is COc1cccc(OC)c1C1C(C(=O)OCCN(C)C)=C(C)N=C2SC(c3c(Cl)cccc3Cl)=CN21. The predicted molar refractivity (Wildman–Crippen MR) is 146 cm³/mol. The second-order valence-electron chi connectivity index (χ2n) is 8.41. The topological polar surface area (TPSA) is 63.6 Å². The third-order valence-electron chi connectivity index (χ3n) is 5.82. The number of ether oxygens (including phenoxy) is 3. The van der Waals surface area contributed by atoms with Gasteiger partial charge in [-0.1, -0.05) is 35.3 Å². The number of allylic oxidation sites excluding steroid dienone is 1. The van der Waals surface area contributed by atoms with E-state index in [1.807, 2.05) is 55.2 Å². The monoisotopic (exact) mass is 547 g/mol. The highest BCUT2D eigenvalue weighted by molar-refractivity contribution is 8.22. The zero-order valence-corrected chi connectivity index (χ0v) is 23.0. The molecule has 36 heavy (non-hydrogen) atoms. The summed E-state index contributed by atoms with van der Waals surface area (Å²) in [4.78, 5) is 22.9. The summed E-state index contributed by atoms with van der Waals surface area (Å²) in [7, 11) is 7.02. The van der Waals surface area contributed by atoms with Crippen LogP contribution in [0.4, 0.5) is 0 Å². The molecular formula is C26H27Cl2N3O4S. The van der Waals surface area contributed by atoms with Crippen molar-refractivity contribution in [3.63, 3.8) is 0 Å². The molecule has 0 bridgehead atoms. The van der Waals surface area contributed by atoms with Crippen LogP contribution in [0.15, 0.2) is 58.9 Å². The van der Waals surface area contributed by atoms with Crippen LogP contribution in [0.3, 0.4) is 0 Å². The first-order valence-electron chi connectivity index (χ1n) is 11.2. The number of carbonyl (C=O) groups is 1. The molecule has 2 aliphatic heterocycles. The van der Waals surface area contributed by atoms with Crippen LogP contribution in [0.1, 0.15) is 24.1 Å². The summed E-state index contributed by atoms with van der Waals surface area (Å²) in [5.41, 5.74) is 2.36. The van der Waals surface area contributed by atoms with Crippen LogP contribution in [0.5, 0.6) is 11.5 Å². The highest BCUT2D eigenvalue weighted by atomic mass is 35.5. The summed E-state index contributed by atoms with van der Waals surface area (Å²) in [6.45, 7) is 2.66. The summed E-state index contributed by atoms with van der Waals surface area (Å²) < 4.78 is 17.1. The Morgan fingerprint density at radius 2 is 1.69 bits per heavy atom. The number of fused-ring (bicyclic) bond motifs is 1. The first kappa shape index (κ1) is 26.4. The van der Waals surface area contributed by atoms with Gasteiger partial charge in [-0.15, -0.1) is 0 Å². The summed E-state index contributed by atoms with van der Waals surface area (Å²) in [5.74, 6) is 0.710. The van der Waals surface area contributed by atoms with E-state index in [0.717, 1.165) is 4.91 Å². The van der Waals surface area contributed by atoms with E-state index >= 15 is 0 Å². The number of nitrogens with zero attached hydrogens (tertiary/aromatic N) is 3. The third kappa shape index (κ3) is 5.09. The summed E-state index contributed by atoms with van der Waals surface area (Å²) in [5, 5.41) is 1.74. The Morgan fingerprint density at radius 1 is 1.08 bits per heavy atom. The smallest absolute Gasteiger partial charge is 0.338 e. The van der Waals surface area contributed by atoms with E-state index in [1.165, 1.54) is 11.8 Å². The molecule has 0 aromatic heterocycles. The van der Waals surface area contributed by atoms with Crippen molar-refractivity contribution in [1.29, 1.82) is 0 Å². The second-order valence-corrected chi connectivity index (χ2v) is 10.2. The molecule has 0 fully saturated rings. The number of esters is 1. The fourth-order valence-corrected chi connectivity index (χ4v) is 5.95. The van der Waals surface area contributed by atoms with Crippen molar-refractivity contribution in [1.82, 2.24) is 9.80 Å². The standard InChI is InChI=1S/C26H27Cl2N3O4S/c1-15-21(25(32)35-13-12-30(2)3)24(23-18(33-4)10-7-11-19(23)34-5)31-14-20(36-26(31)29-15)22-16(27)8-6-9-17(22)28/h6-11,14,24H,12-13H2,1-5H3. The number of likely N-dealkylation sites (N-methyl/N-ethyl adjacent to an activating group) is 1. The summed E-state index contributed by atoms with van der Waals surface area (Å²) in [6, 6.07) is 10.3. The number of methoxy groups -OCH3 is 2. The average molecular weight is 548 g/mol. The normalized spacial score (nSPS) is 17.1. The second kappa shape index (κ2) is 11.2. The molecule has 2 aromatic carbocycles. The molecule has 0 radical (unpaired) electrons. The van der Waals surface area contributed by atoms with Crippen LogP contribution in [0, 0.1) is 0 Å². The Labute approximate surface area is 225 Å². The fourth-order valence-electron chi connectivity index (χ4n) is 4.10.